The van der Waals surface area contributed by atoms with Crippen LogP contribution in [0.5, 0.6) is 5.75 Å². The van der Waals surface area contributed by atoms with Crippen LogP contribution in [0.25, 0.3) is 0 Å². The molecule has 0 saturated heterocycles. The highest BCUT2D eigenvalue weighted by Gasteiger charge is 2.04. The van der Waals surface area contributed by atoms with Crippen LogP contribution < -0.4 is 4.74 Å². The largest absolute Gasteiger partial charge is 0.497 e. The Morgan fingerprint density at radius 1 is 1.21 bits per heavy atom. The number of unbranched alkanes of at least 4 members (excludes halogenated alkanes) is 1. The summed E-state index contributed by atoms with van der Waals surface area (Å²) in [6.45, 7) is 4.53. The Morgan fingerprint density at radius 2 is 1.86 bits per heavy atom. The monoisotopic (exact) mass is 192 g/mol. The molecule has 14 heavy (non-hydrogen) atoms. The molecule has 0 amide bonds. The van der Waals surface area contributed by atoms with E-state index in [2.05, 4.69) is 26.0 Å². The van der Waals surface area contributed by atoms with Crippen molar-refractivity contribution in [1.29, 1.82) is 0 Å². The Hall–Kier alpha value is -0.980. The quantitative estimate of drug-likeness (QED) is 0.685. The third-order valence-corrected chi connectivity index (χ3v) is 2.68. The van der Waals surface area contributed by atoms with Gasteiger partial charge in [-0.15, -0.1) is 0 Å². The molecule has 0 bridgehead atoms. The van der Waals surface area contributed by atoms with Gasteiger partial charge in [0.15, 0.2) is 0 Å². The highest BCUT2D eigenvalue weighted by Crippen LogP contribution is 2.23. The van der Waals surface area contributed by atoms with Gasteiger partial charge in [-0.1, -0.05) is 38.8 Å². The van der Waals surface area contributed by atoms with Crippen LogP contribution in [0.2, 0.25) is 0 Å². The zero-order valence-corrected chi connectivity index (χ0v) is 9.42. The predicted octanol–water partition coefficient (Wildman–Crippen LogP) is 3.99. The second-order valence-electron chi connectivity index (χ2n) is 3.82. The third-order valence-electron chi connectivity index (χ3n) is 2.68. The summed E-state index contributed by atoms with van der Waals surface area (Å²) in [7, 11) is 1.70. The van der Waals surface area contributed by atoms with Gasteiger partial charge in [0.1, 0.15) is 5.75 Å². The van der Waals surface area contributed by atoms with Crippen molar-refractivity contribution in [2.45, 2.75) is 39.0 Å². The van der Waals surface area contributed by atoms with Crippen molar-refractivity contribution >= 4 is 0 Å². The van der Waals surface area contributed by atoms with Crippen molar-refractivity contribution in [3.05, 3.63) is 29.8 Å². The Balaban J connectivity index is 2.57. The van der Waals surface area contributed by atoms with E-state index in [9.17, 15) is 0 Å². The first kappa shape index (κ1) is 11.1. The molecule has 1 aromatic carbocycles. The normalized spacial score (nSPS) is 12.5. The van der Waals surface area contributed by atoms with E-state index in [1.165, 1.54) is 24.8 Å². The van der Waals surface area contributed by atoms with Gasteiger partial charge >= 0.3 is 0 Å². The second-order valence-corrected chi connectivity index (χ2v) is 3.82. The topological polar surface area (TPSA) is 9.23 Å². The van der Waals surface area contributed by atoms with Crippen LogP contribution in [-0.2, 0) is 0 Å². The average molecular weight is 192 g/mol. The van der Waals surface area contributed by atoms with Gasteiger partial charge in [-0.2, -0.15) is 0 Å². The molecular weight excluding hydrogens is 172 g/mol. The molecule has 0 aromatic heterocycles. The number of benzene rings is 1. The minimum Gasteiger partial charge on any atom is -0.497 e. The van der Waals surface area contributed by atoms with Crippen LogP contribution in [0.15, 0.2) is 24.3 Å². The van der Waals surface area contributed by atoms with Gasteiger partial charge < -0.3 is 4.74 Å². The Kier molecular flexibility index (Phi) is 4.51. The molecule has 78 valence electrons. The predicted molar refractivity (Wildman–Crippen MR) is 60.9 cm³/mol. The van der Waals surface area contributed by atoms with Gasteiger partial charge in [0.2, 0.25) is 0 Å². The molecule has 0 N–H and O–H groups in total. The summed E-state index contributed by atoms with van der Waals surface area (Å²) in [5.74, 6) is 1.61. The van der Waals surface area contributed by atoms with E-state index in [-0.39, 0.29) is 0 Å². The molecular formula is C13H20O. The van der Waals surface area contributed by atoms with Crippen LogP contribution in [-0.4, -0.2) is 7.11 Å². The van der Waals surface area contributed by atoms with E-state index < -0.39 is 0 Å². The molecule has 1 nitrogen and oxygen atoms in total. The smallest absolute Gasteiger partial charge is 0.118 e. The minimum atomic E-state index is 0.667. The second kappa shape index (κ2) is 5.69. The molecule has 0 aliphatic carbocycles. The van der Waals surface area contributed by atoms with Crippen LogP contribution >= 0.6 is 0 Å². The van der Waals surface area contributed by atoms with E-state index in [1.54, 1.807) is 7.11 Å². The number of ether oxygens (including phenoxy) is 1. The van der Waals surface area contributed by atoms with Gasteiger partial charge in [-0.05, 0) is 30.0 Å². The maximum Gasteiger partial charge on any atom is 0.118 e. The summed E-state index contributed by atoms with van der Waals surface area (Å²) >= 11 is 0. The summed E-state index contributed by atoms with van der Waals surface area (Å²) in [6, 6.07) is 8.41. The summed E-state index contributed by atoms with van der Waals surface area (Å²) in [5, 5.41) is 0. The van der Waals surface area contributed by atoms with Crippen LogP contribution in [0.4, 0.5) is 0 Å². The van der Waals surface area contributed by atoms with E-state index in [0.29, 0.717) is 5.92 Å². The Morgan fingerprint density at radius 3 is 2.36 bits per heavy atom. The molecule has 0 radical (unpaired) electrons. The molecule has 0 saturated carbocycles. The lowest BCUT2D eigenvalue weighted by Crippen LogP contribution is -1.93. The van der Waals surface area contributed by atoms with Gasteiger partial charge in [-0.25, -0.2) is 0 Å². The van der Waals surface area contributed by atoms with E-state index in [1.807, 2.05) is 12.1 Å². The summed E-state index contributed by atoms with van der Waals surface area (Å²) in [6.07, 6.45) is 3.87. The van der Waals surface area contributed by atoms with Crippen molar-refractivity contribution in [3.8, 4) is 5.75 Å². The van der Waals surface area contributed by atoms with Gasteiger partial charge in [-0.3, -0.25) is 0 Å². The number of rotatable bonds is 5. The highest BCUT2D eigenvalue weighted by atomic mass is 16.5. The van der Waals surface area contributed by atoms with Gasteiger partial charge in [0.05, 0.1) is 7.11 Å². The maximum absolute atomic E-state index is 5.13. The van der Waals surface area contributed by atoms with Gasteiger partial charge in [0.25, 0.3) is 0 Å². The summed E-state index contributed by atoms with van der Waals surface area (Å²) in [5.41, 5.74) is 1.42. The molecule has 1 rings (SSSR count). The fraction of sp³-hybridized carbons (Fsp3) is 0.538. The number of hydrogen-bond acceptors (Lipinski definition) is 1. The zero-order valence-electron chi connectivity index (χ0n) is 9.42. The first-order chi connectivity index (χ1) is 6.77. The fourth-order valence-electron chi connectivity index (χ4n) is 1.61. The minimum absolute atomic E-state index is 0.667. The molecule has 0 aliphatic heterocycles. The number of methoxy groups -OCH3 is 1. The molecule has 1 heteroatoms. The Labute approximate surface area is 87.1 Å². The van der Waals surface area contributed by atoms with Crippen molar-refractivity contribution < 1.29 is 4.74 Å². The Bertz CT molecular complexity index is 250. The lowest BCUT2D eigenvalue weighted by molar-refractivity contribution is 0.414. The van der Waals surface area contributed by atoms with E-state index in [4.69, 9.17) is 4.74 Å². The van der Waals surface area contributed by atoms with E-state index in [0.717, 1.165) is 5.75 Å². The molecule has 0 aliphatic rings. The van der Waals surface area contributed by atoms with Crippen molar-refractivity contribution in [1.82, 2.24) is 0 Å². The van der Waals surface area contributed by atoms with Crippen LogP contribution in [0, 0.1) is 0 Å². The first-order valence-corrected chi connectivity index (χ1v) is 5.42. The number of hydrogen-bond donors (Lipinski definition) is 0. The molecule has 0 heterocycles. The van der Waals surface area contributed by atoms with Crippen molar-refractivity contribution in [2.24, 2.45) is 0 Å². The van der Waals surface area contributed by atoms with E-state index >= 15 is 0 Å². The zero-order chi connectivity index (χ0) is 10.4. The summed E-state index contributed by atoms with van der Waals surface area (Å²) in [4.78, 5) is 0. The standard InChI is InChI=1S/C13H20O/c1-4-5-6-11(2)12-7-9-13(14-3)10-8-12/h7-11H,4-6H2,1-3H3. The SMILES string of the molecule is CCCCC(C)c1ccc(OC)cc1. The van der Waals surface area contributed by atoms with Gasteiger partial charge in [0, 0.05) is 0 Å². The first-order valence-electron chi connectivity index (χ1n) is 5.42. The molecule has 0 spiro atoms. The lowest BCUT2D eigenvalue weighted by atomic mass is 9.96. The maximum atomic E-state index is 5.13. The molecule has 1 atom stereocenters. The molecule has 1 unspecified atom stereocenters. The fourth-order valence-corrected chi connectivity index (χ4v) is 1.61. The van der Waals surface area contributed by atoms with Crippen LogP contribution in [0.1, 0.15) is 44.6 Å². The highest BCUT2D eigenvalue weighted by molar-refractivity contribution is 5.28. The lowest BCUT2D eigenvalue weighted by Gasteiger charge is -2.11. The van der Waals surface area contributed by atoms with Crippen molar-refractivity contribution in [2.75, 3.05) is 7.11 Å². The van der Waals surface area contributed by atoms with Crippen molar-refractivity contribution in [3.63, 3.8) is 0 Å². The molecule has 0 fully saturated rings. The molecule has 1 aromatic rings. The van der Waals surface area contributed by atoms with Crippen LogP contribution in [0.3, 0.4) is 0 Å². The third kappa shape index (κ3) is 3.06. The average Bonchev–Trinajstić information content (AvgIpc) is 2.26. The summed E-state index contributed by atoms with van der Waals surface area (Å²) < 4.78 is 5.13.